The third-order valence-corrected chi connectivity index (χ3v) is 4.06. The molecule has 18 heavy (non-hydrogen) atoms. The second-order valence-electron chi connectivity index (χ2n) is 4.29. The first-order valence-corrected chi connectivity index (χ1v) is 6.52. The normalized spacial score (nSPS) is 11.0. The molecule has 1 N–H and O–H groups in total. The quantitative estimate of drug-likeness (QED) is 0.708. The Morgan fingerprint density at radius 1 is 1.06 bits per heavy atom. The molecule has 3 heteroatoms. The molecule has 0 fully saturated rings. The van der Waals surface area contributed by atoms with Crippen molar-refractivity contribution < 1.29 is 5.11 Å². The summed E-state index contributed by atoms with van der Waals surface area (Å²) in [5.41, 5.74) is 2.09. The van der Waals surface area contributed by atoms with Crippen LogP contribution in [0, 0.1) is 6.92 Å². The van der Waals surface area contributed by atoms with Gasteiger partial charge in [-0.1, -0.05) is 40.2 Å². The van der Waals surface area contributed by atoms with Crippen molar-refractivity contribution in [3.8, 4) is 11.6 Å². The summed E-state index contributed by atoms with van der Waals surface area (Å²) < 4.78 is 2.86. The molecule has 3 rings (SSSR count). The van der Waals surface area contributed by atoms with Crippen LogP contribution in [0.15, 0.2) is 53.1 Å². The molecule has 0 bridgehead atoms. The molecule has 0 atom stereocenters. The van der Waals surface area contributed by atoms with E-state index in [2.05, 4.69) is 15.9 Å². The Kier molecular flexibility index (Phi) is 2.63. The molecule has 0 saturated heterocycles. The molecule has 1 heterocycles. The summed E-state index contributed by atoms with van der Waals surface area (Å²) in [6.07, 6.45) is 1.96. The van der Waals surface area contributed by atoms with E-state index in [9.17, 15) is 5.11 Å². The minimum atomic E-state index is 0.284. The molecule has 0 unspecified atom stereocenters. The number of rotatable bonds is 1. The van der Waals surface area contributed by atoms with E-state index >= 15 is 0 Å². The zero-order valence-electron chi connectivity index (χ0n) is 9.89. The average Bonchev–Trinajstić information content (AvgIpc) is 2.71. The van der Waals surface area contributed by atoms with E-state index in [0.717, 1.165) is 26.5 Å². The summed E-state index contributed by atoms with van der Waals surface area (Å²) in [7, 11) is 0. The van der Waals surface area contributed by atoms with Gasteiger partial charge in [-0.3, -0.25) is 4.57 Å². The number of benzene rings is 2. The van der Waals surface area contributed by atoms with E-state index in [-0.39, 0.29) is 5.88 Å². The topological polar surface area (TPSA) is 25.2 Å². The lowest BCUT2D eigenvalue weighted by atomic mass is 10.2. The number of aromatic nitrogens is 1. The number of halogens is 1. The third-order valence-electron chi connectivity index (χ3n) is 3.20. The predicted molar refractivity (Wildman–Crippen MR) is 77.4 cm³/mol. The van der Waals surface area contributed by atoms with Crippen LogP contribution in [0.1, 0.15) is 5.56 Å². The van der Waals surface area contributed by atoms with Crippen LogP contribution in [0.2, 0.25) is 0 Å². The Balaban J connectivity index is 2.32. The smallest absolute Gasteiger partial charge is 0.203 e. The molecular formula is C15H12BrNO. The van der Waals surface area contributed by atoms with E-state index in [4.69, 9.17) is 0 Å². The lowest BCUT2D eigenvalue weighted by Gasteiger charge is -2.09. The molecule has 2 aromatic carbocycles. The molecule has 0 radical (unpaired) electrons. The minimum absolute atomic E-state index is 0.284. The van der Waals surface area contributed by atoms with Gasteiger partial charge in [0.05, 0.1) is 5.69 Å². The SMILES string of the molecule is Cc1c(Br)cccc1-n1cc2ccccc2c1O. The standard InChI is InChI=1S/C15H12BrNO/c1-10-13(16)7-4-8-14(10)17-9-11-5-2-3-6-12(11)15(17)18/h2-9,18H,1H3. The molecule has 0 aliphatic heterocycles. The molecule has 3 aromatic rings. The molecular weight excluding hydrogens is 290 g/mol. The van der Waals surface area contributed by atoms with Crippen molar-refractivity contribution in [1.29, 1.82) is 0 Å². The predicted octanol–water partition coefficient (Wildman–Crippen LogP) is 4.41. The van der Waals surface area contributed by atoms with Gasteiger partial charge in [-0.05, 0) is 30.7 Å². The van der Waals surface area contributed by atoms with Gasteiger partial charge in [-0.15, -0.1) is 0 Å². The van der Waals surface area contributed by atoms with Crippen LogP contribution in [-0.2, 0) is 0 Å². The van der Waals surface area contributed by atoms with Gasteiger partial charge in [0.1, 0.15) is 0 Å². The highest BCUT2D eigenvalue weighted by Gasteiger charge is 2.11. The Bertz CT molecular complexity index is 730. The van der Waals surface area contributed by atoms with E-state index in [1.165, 1.54) is 0 Å². The van der Waals surface area contributed by atoms with E-state index < -0.39 is 0 Å². The van der Waals surface area contributed by atoms with Gasteiger partial charge in [0.25, 0.3) is 0 Å². The van der Waals surface area contributed by atoms with Crippen molar-refractivity contribution in [3.63, 3.8) is 0 Å². The summed E-state index contributed by atoms with van der Waals surface area (Å²) in [5.74, 6) is 0.284. The van der Waals surface area contributed by atoms with Crippen molar-refractivity contribution in [1.82, 2.24) is 4.57 Å². The van der Waals surface area contributed by atoms with E-state index in [1.807, 2.05) is 60.2 Å². The number of aromatic hydroxyl groups is 1. The lowest BCUT2D eigenvalue weighted by Crippen LogP contribution is -1.94. The summed E-state index contributed by atoms with van der Waals surface area (Å²) in [6, 6.07) is 13.8. The molecule has 1 aromatic heterocycles. The maximum Gasteiger partial charge on any atom is 0.203 e. The fourth-order valence-electron chi connectivity index (χ4n) is 2.18. The summed E-state index contributed by atoms with van der Waals surface area (Å²) >= 11 is 3.52. The Labute approximate surface area is 114 Å². The highest BCUT2D eigenvalue weighted by Crippen LogP contribution is 2.32. The van der Waals surface area contributed by atoms with E-state index in [0.29, 0.717) is 0 Å². The maximum atomic E-state index is 10.3. The summed E-state index contributed by atoms with van der Waals surface area (Å²) in [6.45, 7) is 2.03. The van der Waals surface area contributed by atoms with Crippen LogP contribution in [0.4, 0.5) is 0 Å². The van der Waals surface area contributed by atoms with Crippen LogP contribution < -0.4 is 0 Å². The zero-order chi connectivity index (χ0) is 12.7. The van der Waals surface area contributed by atoms with Crippen LogP contribution >= 0.6 is 15.9 Å². The van der Waals surface area contributed by atoms with Gasteiger partial charge in [0, 0.05) is 21.4 Å². The maximum absolute atomic E-state index is 10.3. The third kappa shape index (κ3) is 1.63. The van der Waals surface area contributed by atoms with Gasteiger partial charge in [0.2, 0.25) is 5.88 Å². The van der Waals surface area contributed by atoms with Gasteiger partial charge >= 0.3 is 0 Å². The Morgan fingerprint density at radius 3 is 2.61 bits per heavy atom. The Hall–Kier alpha value is -1.74. The highest BCUT2D eigenvalue weighted by atomic mass is 79.9. The number of fused-ring (bicyclic) bond motifs is 1. The second kappa shape index (κ2) is 4.18. The van der Waals surface area contributed by atoms with Crippen LogP contribution in [0.25, 0.3) is 16.5 Å². The first-order valence-electron chi connectivity index (χ1n) is 5.73. The van der Waals surface area contributed by atoms with Crippen LogP contribution in [-0.4, -0.2) is 9.67 Å². The largest absolute Gasteiger partial charge is 0.494 e. The van der Waals surface area contributed by atoms with Crippen molar-refractivity contribution in [2.24, 2.45) is 0 Å². The fraction of sp³-hybridized carbons (Fsp3) is 0.0667. The van der Waals surface area contributed by atoms with Crippen molar-refractivity contribution in [2.45, 2.75) is 6.92 Å². The zero-order valence-corrected chi connectivity index (χ0v) is 11.5. The molecule has 2 nitrogen and oxygen atoms in total. The van der Waals surface area contributed by atoms with E-state index in [1.54, 1.807) is 0 Å². The van der Waals surface area contributed by atoms with Gasteiger partial charge in [-0.25, -0.2) is 0 Å². The van der Waals surface area contributed by atoms with Gasteiger partial charge in [0.15, 0.2) is 0 Å². The molecule has 0 spiro atoms. The number of nitrogens with zero attached hydrogens (tertiary/aromatic N) is 1. The van der Waals surface area contributed by atoms with Crippen LogP contribution in [0.3, 0.4) is 0 Å². The van der Waals surface area contributed by atoms with Gasteiger partial charge in [-0.2, -0.15) is 0 Å². The highest BCUT2D eigenvalue weighted by molar-refractivity contribution is 9.10. The summed E-state index contributed by atoms with van der Waals surface area (Å²) in [5, 5.41) is 12.2. The molecule has 0 saturated carbocycles. The number of hydrogen-bond acceptors (Lipinski definition) is 1. The first kappa shape index (κ1) is 11.4. The van der Waals surface area contributed by atoms with Crippen molar-refractivity contribution in [2.75, 3.05) is 0 Å². The Morgan fingerprint density at radius 2 is 1.83 bits per heavy atom. The van der Waals surface area contributed by atoms with Gasteiger partial charge < -0.3 is 5.11 Å². The molecule has 0 amide bonds. The van der Waals surface area contributed by atoms with Crippen molar-refractivity contribution in [3.05, 3.63) is 58.7 Å². The average molecular weight is 302 g/mol. The molecule has 90 valence electrons. The minimum Gasteiger partial charge on any atom is -0.494 e. The van der Waals surface area contributed by atoms with Crippen molar-refractivity contribution >= 4 is 26.7 Å². The number of hydrogen-bond donors (Lipinski definition) is 1. The second-order valence-corrected chi connectivity index (χ2v) is 5.15. The molecule has 0 aliphatic rings. The van der Waals surface area contributed by atoms with Crippen LogP contribution in [0.5, 0.6) is 5.88 Å². The lowest BCUT2D eigenvalue weighted by molar-refractivity contribution is 0.448. The summed E-state index contributed by atoms with van der Waals surface area (Å²) in [4.78, 5) is 0. The first-order chi connectivity index (χ1) is 8.68. The fourth-order valence-corrected chi connectivity index (χ4v) is 2.54. The monoisotopic (exact) mass is 301 g/mol. The molecule has 0 aliphatic carbocycles.